The predicted molar refractivity (Wildman–Crippen MR) is 49.0 cm³/mol. The van der Waals surface area contributed by atoms with Gasteiger partial charge in [-0.2, -0.15) is 0 Å². The molecule has 1 aliphatic heterocycles. The van der Waals surface area contributed by atoms with Crippen molar-refractivity contribution in [2.75, 3.05) is 6.61 Å². The van der Waals surface area contributed by atoms with Crippen LogP contribution in [-0.4, -0.2) is 39.8 Å². The lowest BCUT2D eigenvalue weighted by molar-refractivity contribution is -0.149. The van der Waals surface area contributed by atoms with Crippen LogP contribution in [0.4, 0.5) is 4.79 Å². The molecule has 1 amide bonds. The van der Waals surface area contributed by atoms with Crippen molar-refractivity contribution in [2.24, 2.45) is 0 Å². The summed E-state index contributed by atoms with van der Waals surface area (Å²) in [4.78, 5) is 23.7. The summed E-state index contributed by atoms with van der Waals surface area (Å²) in [5.41, 5.74) is -1.81. The van der Waals surface area contributed by atoms with Crippen molar-refractivity contribution in [3.63, 3.8) is 0 Å². The third-order valence-electron chi connectivity index (χ3n) is 2.28. The van der Waals surface area contributed by atoms with Gasteiger partial charge in [-0.05, 0) is 27.7 Å². The highest BCUT2D eigenvalue weighted by Gasteiger charge is 2.54. The Bertz CT molecular complexity index is 281. The van der Waals surface area contributed by atoms with Crippen molar-refractivity contribution < 1.29 is 19.4 Å². The molecule has 0 radical (unpaired) electrons. The maximum Gasteiger partial charge on any atom is 0.411 e. The first-order chi connectivity index (χ1) is 6.19. The van der Waals surface area contributed by atoms with Gasteiger partial charge in [0.15, 0.2) is 5.54 Å². The molecule has 1 unspecified atom stereocenters. The Morgan fingerprint density at radius 3 is 2.36 bits per heavy atom. The number of ether oxygens (including phenoxy) is 1. The average molecular weight is 201 g/mol. The molecule has 0 aromatic rings. The van der Waals surface area contributed by atoms with E-state index >= 15 is 0 Å². The lowest BCUT2D eigenvalue weighted by Crippen LogP contribution is -2.58. The molecule has 0 aliphatic carbocycles. The van der Waals surface area contributed by atoms with Crippen LogP contribution in [0.1, 0.15) is 27.7 Å². The number of cyclic esters (lactones) is 1. The summed E-state index contributed by atoms with van der Waals surface area (Å²) in [5, 5.41) is 9.05. The zero-order valence-corrected chi connectivity index (χ0v) is 8.83. The van der Waals surface area contributed by atoms with E-state index in [1.165, 1.54) is 11.8 Å². The van der Waals surface area contributed by atoms with Crippen LogP contribution >= 0.6 is 0 Å². The van der Waals surface area contributed by atoms with Crippen LogP contribution in [0, 0.1) is 0 Å². The van der Waals surface area contributed by atoms with Gasteiger partial charge in [0.25, 0.3) is 0 Å². The molecule has 1 aliphatic rings. The van der Waals surface area contributed by atoms with E-state index < -0.39 is 23.1 Å². The maximum absolute atomic E-state index is 11.4. The minimum absolute atomic E-state index is 0.0988. The average Bonchev–Trinajstić information content (AvgIpc) is 2.26. The molecule has 0 spiro atoms. The van der Waals surface area contributed by atoms with Crippen LogP contribution in [-0.2, 0) is 9.53 Å². The Morgan fingerprint density at radius 1 is 1.57 bits per heavy atom. The number of hydrogen-bond acceptors (Lipinski definition) is 3. The summed E-state index contributed by atoms with van der Waals surface area (Å²) in [5.74, 6) is -1.04. The van der Waals surface area contributed by atoms with Gasteiger partial charge in [0.05, 0.1) is 0 Å². The van der Waals surface area contributed by atoms with Crippen LogP contribution in [0.15, 0.2) is 0 Å². The van der Waals surface area contributed by atoms with Gasteiger partial charge in [-0.3, -0.25) is 4.90 Å². The number of carboxylic acids is 1. The molecule has 5 heteroatoms. The number of amides is 1. The molecule has 0 aromatic heterocycles. The highest BCUT2D eigenvalue weighted by Crippen LogP contribution is 2.31. The lowest BCUT2D eigenvalue weighted by atomic mass is 9.95. The van der Waals surface area contributed by atoms with Crippen LogP contribution in [0.3, 0.4) is 0 Å². The molecular formula is C9H15NO4. The predicted octanol–water partition coefficient (Wildman–Crippen LogP) is 1.08. The Labute approximate surface area is 82.6 Å². The van der Waals surface area contributed by atoms with E-state index in [1.807, 2.05) is 0 Å². The number of carbonyl (C=O) groups is 2. The molecule has 0 aromatic carbocycles. The Hall–Kier alpha value is -1.26. The smallest absolute Gasteiger partial charge is 0.411 e. The van der Waals surface area contributed by atoms with E-state index in [-0.39, 0.29) is 6.61 Å². The van der Waals surface area contributed by atoms with Crippen LogP contribution < -0.4 is 0 Å². The molecule has 1 atom stereocenters. The van der Waals surface area contributed by atoms with Gasteiger partial charge in [-0.15, -0.1) is 0 Å². The Kier molecular flexibility index (Phi) is 2.21. The fourth-order valence-corrected chi connectivity index (χ4v) is 1.70. The standard InChI is InChI=1S/C9H15NO4/c1-8(2,3)10-7(13)14-5-9(10,4)6(11)12/h5H2,1-4H3,(H,11,12). The summed E-state index contributed by atoms with van der Waals surface area (Å²) >= 11 is 0. The Balaban J connectivity index is 3.11. The van der Waals surface area contributed by atoms with Crippen LogP contribution in [0.25, 0.3) is 0 Å². The second kappa shape index (κ2) is 2.87. The molecular weight excluding hydrogens is 186 g/mol. The summed E-state index contributed by atoms with van der Waals surface area (Å²) in [7, 11) is 0. The molecule has 5 nitrogen and oxygen atoms in total. The summed E-state index contributed by atoms with van der Waals surface area (Å²) < 4.78 is 4.78. The molecule has 80 valence electrons. The molecule has 1 heterocycles. The zero-order valence-electron chi connectivity index (χ0n) is 8.83. The van der Waals surface area contributed by atoms with Gasteiger partial charge in [-0.25, -0.2) is 9.59 Å². The van der Waals surface area contributed by atoms with Gasteiger partial charge in [-0.1, -0.05) is 0 Å². The zero-order chi connectivity index (χ0) is 11.1. The fourth-order valence-electron chi connectivity index (χ4n) is 1.70. The lowest BCUT2D eigenvalue weighted by Gasteiger charge is -2.38. The highest BCUT2D eigenvalue weighted by atomic mass is 16.6. The van der Waals surface area contributed by atoms with Gasteiger partial charge >= 0.3 is 12.1 Å². The van der Waals surface area contributed by atoms with Gasteiger partial charge in [0.1, 0.15) is 6.61 Å². The second-order valence-corrected chi connectivity index (χ2v) is 4.64. The quantitative estimate of drug-likeness (QED) is 0.689. The van der Waals surface area contributed by atoms with Crippen molar-refractivity contribution in [1.29, 1.82) is 0 Å². The van der Waals surface area contributed by atoms with E-state index in [2.05, 4.69) is 0 Å². The largest absolute Gasteiger partial charge is 0.479 e. The molecule has 0 bridgehead atoms. The fraction of sp³-hybridized carbons (Fsp3) is 0.778. The van der Waals surface area contributed by atoms with Crippen molar-refractivity contribution in [2.45, 2.75) is 38.8 Å². The number of carboxylic acid groups (broad SMARTS) is 1. The van der Waals surface area contributed by atoms with Crippen molar-refractivity contribution in [3.8, 4) is 0 Å². The van der Waals surface area contributed by atoms with E-state index in [0.29, 0.717) is 0 Å². The number of hydrogen-bond donors (Lipinski definition) is 1. The molecule has 1 N–H and O–H groups in total. The first-order valence-electron chi connectivity index (χ1n) is 4.40. The molecule has 14 heavy (non-hydrogen) atoms. The van der Waals surface area contributed by atoms with Crippen LogP contribution in [0.2, 0.25) is 0 Å². The van der Waals surface area contributed by atoms with Gasteiger partial charge in [0.2, 0.25) is 0 Å². The third-order valence-corrected chi connectivity index (χ3v) is 2.28. The Morgan fingerprint density at radius 2 is 2.07 bits per heavy atom. The van der Waals surface area contributed by atoms with E-state index in [0.717, 1.165) is 0 Å². The number of rotatable bonds is 1. The van der Waals surface area contributed by atoms with E-state index in [1.54, 1.807) is 20.8 Å². The molecule has 1 fully saturated rings. The molecule has 1 rings (SSSR count). The van der Waals surface area contributed by atoms with E-state index in [4.69, 9.17) is 9.84 Å². The third kappa shape index (κ3) is 1.42. The normalized spacial score (nSPS) is 27.7. The first-order valence-corrected chi connectivity index (χ1v) is 4.40. The summed E-state index contributed by atoms with van der Waals surface area (Å²) in [6.45, 7) is 6.73. The first kappa shape index (κ1) is 10.8. The summed E-state index contributed by atoms with van der Waals surface area (Å²) in [6.07, 6.45) is -0.567. The van der Waals surface area contributed by atoms with Crippen molar-refractivity contribution in [1.82, 2.24) is 4.90 Å². The van der Waals surface area contributed by atoms with Crippen molar-refractivity contribution >= 4 is 12.1 Å². The number of carbonyl (C=O) groups excluding carboxylic acids is 1. The SMILES string of the molecule is CC(C)(C)N1C(=O)OCC1(C)C(=O)O. The number of aliphatic carboxylic acids is 1. The monoisotopic (exact) mass is 201 g/mol. The maximum atomic E-state index is 11.4. The van der Waals surface area contributed by atoms with Gasteiger partial charge in [0, 0.05) is 5.54 Å². The van der Waals surface area contributed by atoms with E-state index in [9.17, 15) is 9.59 Å². The molecule has 1 saturated heterocycles. The summed E-state index contributed by atoms with van der Waals surface area (Å²) in [6, 6.07) is 0. The van der Waals surface area contributed by atoms with Crippen molar-refractivity contribution in [3.05, 3.63) is 0 Å². The molecule has 0 saturated carbocycles. The minimum Gasteiger partial charge on any atom is -0.479 e. The second-order valence-electron chi connectivity index (χ2n) is 4.64. The number of nitrogens with zero attached hydrogens (tertiary/aromatic N) is 1. The van der Waals surface area contributed by atoms with Crippen LogP contribution in [0.5, 0.6) is 0 Å². The topological polar surface area (TPSA) is 66.8 Å². The minimum atomic E-state index is -1.25. The highest BCUT2D eigenvalue weighted by molar-refractivity contribution is 5.87. The van der Waals surface area contributed by atoms with Gasteiger partial charge < -0.3 is 9.84 Å².